The number of likely N-dealkylation sites (tertiary alicyclic amines) is 1. The second-order valence-corrected chi connectivity index (χ2v) is 5.33. The molecule has 0 radical (unpaired) electrons. The molecule has 0 bridgehead atoms. The van der Waals surface area contributed by atoms with Gasteiger partial charge in [-0.15, -0.1) is 5.10 Å². The van der Waals surface area contributed by atoms with Gasteiger partial charge < -0.3 is 10.2 Å². The summed E-state index contributed by atoms with van der Waals surface area (Å²) in [7, 11) is 0. The van der Waals surface area contributed by atoms with Crippen LogP contribution in [0.25, 0.3) is 0 Å². The highest BCUT2D eigenvalue weighted by molar-refractivity contribution is 5.83. The van der Waals surface area contributed by atoms with E-state index in [9.17, 15) is 9.59 Å². The molecule has 0 aliphatic carbocycles. The third-order valence-electron chi connectivity index (χ3n) is 3.55. The van der Waals surface area contributed by atoms with Gasteiger partial charge in [-0.05, 0) is 20.3 Å². The number of hydrogen-bond acceptors (Lipinski definition) is 4. The summed E-state index contributed by atoms with van der Waals surface area (Å²) in [5, 5.41) is 10.4. The number of piperidine rings is 1. The van der Waals surface area contributed by atoms with E-state index in [1.54, 1.807) is 22.0 Å². The molecule has 1 saturated heterocycles. The topological polar surface area (TPSA) is 80.1 Å². The van der Waals surface area contributed by atoms with Crippen LogP contribution in [0, 0.1) is 5.92 Å². The third kappa shape index (κ3) is 3.55. The van der Waals surface area contributed by atoms with Crippen LogP contribution in [0.3, 0.4) is 0 Å². The lowest BCUT2D eigenvalue weighted by atomic mass is 9.95. The number of rotatable bonds is 5. The summed E-state index contributed by atoms with van der Waals surface area (Å²) in [6.07, 6.45) is 4.46. The molecule has 7 nitrogen and oxygen atoms in total. The monoisotopic (exact) mass is 279 g/mol. The zero-order valence-electron chi connectivity index (χ0n) is 12.0. The largest absolute Gasteiger partial charge is 0.354 e. The Kier molecular flexibility index (Phi) is 4.70. The number of aromatic nitrogens is 3. The first-order chi connectivity index (χ1) is 9.58. The molecule has 1 atom stereocenters. The van der Waals surface area contributed by atoms with Crippen molar-refractivity contribution < 1.29 is 9.59 Å². The van der Waals surface area contributed by atoms with Gasteiger partial charge in [-0.25, -0.2) is 0 Å². The second-order valence-electron chi connectivity index (χ2n) is 5.33. The second kappa shape index (κ2) is 6.49. The van der Waals surface area contributed by atoms with Gasteiger partial charge in [-0.3, -0.25) is 14.3 Å². The van der Waals surface area contributed by atoms with Crippen LogP contribution in [-0.4, -0.2) is 50.8 Å². The fourth-order valence-electron chi connectivity index (χ4n) is 2.37. The summed E-state index contributed by atoms with van der Waals surface area (Å²) in [5.74, 6) is 0.0563. The molecule has 1 N–H and O–H groups in total. The molecule has 1 aromatic rings. The van der Waals surface area contributed by atoms with Crippen LogP contribution in [0.4, 0.5) is 0 Å². The van der Waals surface area contributed by atoms with Gasteiger partial charge in [0.05, 0.1) is 18.7 Å². The molecule has 0 saturated carbocycles. The van der Waals surface area contributed by atoms with Crippen molar-refractivity contribution in [2.24, 2.45) is 5.92 Å². The van der Waals surface area contributed by atoms with Gasteiger partial charge in [0.25, 0.3) is 0 Å². The van der Waals surface area contributed by atoms with Crippen molar-refractivity contribution in [3.63, 3.8) is 0 Å². The van der Waals surface area contributed by atoms with Crippen molar-refractivity contribution >= 4 is 11.8 Å². The molecule has 0 aromatic carbocycles. The van der Waals surface area contributed by atoms with Gasteiger partial charge in [-0.1, -0.05) is 5.21 Å². The highest BCUT2D eigenvalue weighted by Gasteiger charge is 2.31. The number of carbonyl (C=O) groups is 2. The Morgan fingerprint density at radius 2 is 2.35 bits per heavy atom. The van der Waals surface area contributed by atoms with Gasteiger partial charge in [0.2, 0.25) is 11.8 Å². The van der Waals surface area contributed by atoms with Gasteiger partial charge in [-0.2, -0.15) is 0 Å². The van der Waals surface area contributed by atoms with Crippen LogP contribution in [-0.2, 0) is 16.1 Å². The molecular weight excluding hydrogens is 258 g/mol. The first kappa shape index (κ1) is 14.5. The lowest BCUT2D eigenvalue weighted by Crippen LogP contribution is -2.48. The molecule has 110 valence electrons. The minimum Gasteiger partial charge on any atom is -0.354 e. The number of hydrogen-bond donors (Lipinski definition) is 1. The summed E-state index contributed by atoms with van der Waals surface area (Å²) < 4.78 is 1.67. The quantitative estimate of drug-likeness (QED) is 0.825. The standard InChI is InChI=1S/C13H21N5O2/c1-10(2)18-9-11(3-4-12(18)19)13(20)14-5-7-17-8-6-15-16-17/h6,8,10-11H,3-5,7,9H2,1-2H3,(H,14,20)/t11-/m0/s1. The maximum atomic E-state index is 12.1. The van der Waals surface area contributed by atoms with E-state index in [-0.39, 0.29) is 23.8 Å². The van der Waals surface area contributed by atoms with Crippen LogP contribution in [0.5, 0.6) is 0 Å². The number of nitrogens with one attached hydrogen (secondary N) is 1. The zero-order chi connectivity index (χ0) is 14.5. The first-order valence-corrected chi connectivity index (χ1v) is 6.99. The van der Waals surface area contributed by atoms with Crippen molar-refractivity contribution in [1.29, 1.82) is 0 Å². The molecule has 1 fully saturated rings. The van der Waals surface area contributed by atoms with Crippen molar-refractivity contribution in [2.75, 3.05) is 13.1 Å². The van der Waals surface area contributed by atoms with E-state index in [1.165, 1.54) is 0 Å². The highest BCUT2D eigenvalue weighted by atomic mass is 16.2. The van der Waals surface area contributed by atoms with Crippen LogP contribution >= 0.6 is 0 Å². The van der Waals surface area contributed by atoms with Crippen molar-refractivity contribution in [3.8, 4) is 0 Å². The molecule has 7 heteroatoms. The molecule has 1 aliphatic heterocycles. The summed E-state index contributed by atoms with van der Waals surface area (Å²) in [4.78, 5) is 25.6. The Hall–Kier alpha value is -1.92. The summed E-state index contributed by atoms with van der Waals surface area (Å²) in [6.45, 7) is 5.59. The Balaban J connectivity index is 1.79. The average molecular weight is 279 g/mol. The zero-order valence-corrected chi connectivity index (χ0v) is 12.0. The van der Waals surface area contributed by atoms with Gasteiger partial charge >= 0.3 is 0 Å². The highest BCUT2D eigenvalue weighted by Crippen LogP contribution is 2.19. The van der Waals surface area contributed by atoms with Gasteiger partial charge in [0, 0.05) is 31.7 Å². The number of carbonyl (C=O) groups excluding carboxylic acids is 2. The van der Waals surface area contributed by atoms with Crippen LogP contribution in [0.2, 0.25) is 0 Å². The molecular formula is C13H21N5O2. The summed E-state index contributed by atoms with van der Waals surface area (Å²) in [5.41, 5.74) is 0. The molecule has 0 spiro atoms. The Morgan fingerprint density at radius 1 is 1.55 bits per heavy atom. The van der Waals surface area contributed by atoms with Crippen molar-refractivity contribution in [1.82, 2.24) is 25.2 Å². The van der Waals surface area contributed by atoms with E-state index in [4.69, 9.17) is 0 Å². The van der Waals surface area contributed by atoms with Crippen molar-refractivity contribution in [3.05, 3.63) is 12.4 Å². The summed E-state index contributed by atoms with van der Waals surface area (Å²) in [6, 6.07) is 0.147. The van der Waals surface area contributed by atoms with Gasteiger partial charge in [0.15, 0.2) is 0 Å². The smallest absolute Gasteiger partial charge is 0.224 e. The average Bonchev–Trinajstić information content (AvgIpc) is 2.92. The van der Waals surface area contributed by atoms with Gasteiger partial charge in [0.1, 0.15) is 0 Å². The predicted molar refractivity (Wildman–Crippen MR) is 72.6 cm³/mol. The van der Waals surface area contributed by atoms with E-state index in [2.05, 4.69) is 15.6 Å². The Bertz CT molecular complexity index is 457. The third-order valence-corrected chi connectivity index (χ3v) is 3.55. The molecule has 20 heavy (non-hydrogen) atoms. The van der Waals surface area contributed by atoms with Crippen molar-refractivity contribution in [2.45, 2.75) is 39.3 Å². The van der Waals surface area contributed by atoms with Crippen LogP contribution in [0.1, 0.15) is 26.7 Å². The van der Waals surface area contributed by atoms with E-state index in [0.717, 1.165) is 0 Å². The Labute approximate surface area is 118 Å². The van der Waals surface area contributed by atoms with E-state index < -0.39 is 0 Å². The number of nitrogens with zero attached hydrogens (tertiary/aromatic N) is 4. The molecule has 1 aliphatic rings. The van der Waals surface area contributed by atoms with E-state index in [1.807, 2.05) is 13.8 Å². The SMILES string of the molecule is CC(C)N1C[C@@H](C(=O)NCCn2ccnn2)CCC1=O. The molecule has 2 heterocycles. The molecule has 1 aromatic heterocycles. The van der Waals surface area contributed by atoms with Crippen LogP contribution < -0.4 is 5.32 Å². The maximum absolute atomic E-state index is 12.1. The minimum atomic E-state index is -0.106. The lowest BCUT2D eigenvalue weighted by Gasteiger charge is -2.34. The fourth-order valence-corrected chi connectivity index (χ4v) is 2.37. The summed E-state index contributed by atoms with van der Waals surface area (Å²) >= 11 is 0. The predicted octanol–water partition coefficient (Wildman–Crippen LogP) is 0.0413. The maximum Gasteiger partial charge on any atom is 0.224 e. The van der Waals surface area contributed by atoms with Crippen LogP contribution in [0.15, 0.2) is 12.4 Å². The molecule has 2 amide bonds. The Morgan fingerprint density at radius 3 is 3.00 bits per heavy atom. The normalized spacial score (nSPS) is 19.4. The van der Waals surface area contributed by atoms with E-state index >= 15 is 0 Å². The number of amides is 2. The fraction of sp³-hybridized carbons (Fsp3) is 0.692. The first-order valence-electron chi connectivity index (χ1n) is 6.99. The molecule has 0 unspecified atom stereocenters. The lowest BCUT2D eigenvalue weighted by molar-refractivity contribution is -0.140. The van der Waals surface area contributed by atoms with E-state index in [0.29, 0.717) is 32.5 Å². The molecule has 2 rings (SSSR count). The minimum absolute atomic E-state index is 0.0169.